The molecule has 0 saturated heterocycles. The van der Waals surface area contributed by atoms with Crippen molar-refractivity contribution in [2.75, 3.05) is 20.3 Å². The maximum absolute atomic E-state index is 5.54. The van der Waals surface area contributed by atoms with Crippen molar-refractivity contribution in [3.8, 4) is 5.75 Å². The molecule has 1 atom stereocenters. The molecule has 0 aromatic heterocycles. The van der Waals surface area contributed by atoms with Gasteiger partial charge in [-0.3, -0.25) is 0 Å². The quantitative estimate of drug-likeness (QED) is 0.693. The van der Waals surface area contributed by atoms with Gasteiger partial charge in [0.1, 0.15) is 5.75 Å². The molecule has 19 heavy (non-hydrogen) atoms. The van der Waals surface area contributed by atoms with Gasteiger partial charge in [-0.15, -0.1) is 0 Å². The van der Waals surface area contributed by atoms with Crippen LogP contribution in [0.3, 0.4) is 0 Å². The highest BCUT2D eigenvalue weighted by Gasteiger charge is 2.08. The molecule has 0 heterocycles. The summed E-state index contributed by atoms with van der Waals surface area (Å²) in [7, 11) is 1.69. The molecule has 0 spiro atoms. The first-order chi connectivity index (χ1) is 9.17. The smallest absolute Gasteiger partial charge is 0.118 e. The number of hydrogen-bond donors (Lipinski definition) is 1. The van der Waals surface area contributed by atoms with Crippen molar-refractivity contribution in [1.29, 1.82) is 0 Å². The second-order valence-electron chi connectivity index (χ2n) is 4.96. The molecule has 0 saturated carbocycles. The molecule has 1 unspecified atom stereocenters. The molecule has 108 valence electrons. The van der Waals surface area contributed by atoms with E-state index in [9.17, 15) is 0 Å². The van der Waals surface area contributed by atoms with Gasteiger partial charge in [0.2, 0.25) is 0 Å². The molecule has 0 aliphatic carbocycles. The molecule has 1 aromatic rings. The Morgan fingerprint density at radius 3 is 2.37 bits per heavy atom. The van der Waals surface area contributed by atoms with Crippen LogP contribution < -0.4 is 10.1 Å². The average molecular weight is 265 g/mol. The highest BCUT2D eigenvalue weighted by molar-refractivity contribution is 5.29. The van der Waals surface area contributed by atoms with E-state index < -0.39 is 0 Å². The predicted molar refractivity (Wildman–Crippen MR) is 79.7 cm³/mol. The summed E-state index contributed by atoms with van der Waals surface area (Å²) in [5, 5.41) is 3.58. The number of methoxy groups -OCH3 is 1. The van der Waals surface area contributed by atoms with Gasteiger partial charge in [-0.05, 0) is 50.9 Å². The highest BCUT2D eigenvalue weighted by atomic mass is 16.5. The molecule has 0 fully saturated rings. The topological polar surface area (TPSA) is 30.5 Å². The molecule has 3 heteroatoms. The zero-order valence-electron chi connectivity index (χ0n) is 12.6. The van der Waals surface area contributed by atoms with Gasteiger partial charge >= 0.3 is 0 Å². The number of ether oxygens (including phenoxy) is 2. The second-order valence-corrected chi connectivity index (χ2v) is 4.96. The predicted octanol–water partition coefficient (Wildman–Crippen LogP) is 3.55. The largest absolute Gasteiger partial charge is 0.497 e. The molecule has 1 aromatic carbocycles. The van der Waals surface area contributed by atoms with Crippen molar-refractivity contribution in [3.05, 3.63) is 29.8 Å². The van der Waals surface area contributed by atoms with Crippen LogP contribution in [0.1, 0.15) is 45.2 Å². The second kappa shape index (κ2) is 8.94. The van der Waals surface area contributed by atoms with E-state index in [0.29, 0.717) is 12.1 Å². The zero-order valence-corrected chi connectivity index (χ0v) is 12.6. The number of nitrogens with one attached hydrogen (secondary N) is 1. The lowest BCUT2D eigenvalue weighted by Crippen LogP contribution is -2.23. The molecule has 0 radical (unpaired) electrons. The van der Waals surface area contributed by atoms with Crippen molar-refractivity contribution < 1.29 is 9.47 Å². The SMILES string of the molecule is CCC(NCCCOC(C)C)c1ccc(OC)cc1. The molecule has 3 nitrogen and oxygen atoms in total. The van der Waals surface area contributed by atoms with E-state index >= 15 is 0 Å². The Balaban J connectivity index is 2.35. The molecule has 1 rings (SSSR count). The van der Waals surface area contributed by atoms with E-state index in [1.165, 1.54) is 5.56 Å². The summed E-state index contributed by atoms with van der Waals surface area (Å²) in [6.45, 7) is 8.15. The maximum atomic E-state index is 5.54. The van der Waals surface area contributed by atoms with E-state index in [4.69, 9.17) is 9.47 Å². The third kappa shape index (κ3) is 6.08. The fourth-order valence-corrected chi connectivity index (χ4v) is 2.00. The van der Waals surface area contributed by atoms with Crippen LogP contribution in [0, 0.1) is 0 Å². The summed E-state index contributed by atoms with van der Waals surface area (Å²) in [5.41, 5.74) is 1.31. The number of rotatable bonds is 9. The monoisotopic (exact) mass is 265 g/mol. The van der Waals surface area contributed by atoms with E-state index in [2.05, 4.69) is 38.2 Å². The molecular formula is C16H27NO2. The van der Waals surface area contributed by atoms with Crippen LogP contribution in [0.15, 0.2) is 24.3 Å². The fourth-order valence-electron chi connectivity index (χ4n) is 2.00. The van der Waals surface area contributed by atoms with Crippen molar-refractivity contribution >= 4 is 0 Å². The minimum Gasteiger partial charge on any atom is -0.497 e. The summed E-state index contributed by atoms with van der Waals surface area (Å²) >= 11 is 0. The van der Waals surface area contributed by atoms with E-state index in [1.807, 2.05) is 12.1 Å². The van der Waals surface area contributed by atoms with Gasteiger partial charge in [-0.1, -0.05) is 19.1 Å². The third-order valence-corrected chi connectivity index (χ3v) is 3.09. The van der Waals surface area contributed by atoms with E-state index in [-0.39, 0.29) is 0 Å². The normalized spacial score (nSPS) is 12.7. The number of hydrogen-bond acceptors (Lipinski definition) is 3. The lowest BCUT2D eigenvalue weighted by atomic mass is 10.0. The highest BCUT2D eigenvalue weighted by Crippen LogP contribution is 2.19. The summed E-state index contributed by atoms with van der Waals surface area (Å²) in [6, 6.07) is 8.70. The standard InChI is InChI=1S/C16H27NO2/c1-5-16(17-11-6-12-19-13(2)3)14-7-9-15(18-4)10-8-14/h7-10,13,16-17H,5-6,11-12H2,1-4H3. The molecule has 1 N–H and O–H groups in total. The molecule has 0 bridgehead atoms. The first-order valence-electron chi connectivity index (χ1n) is 7.16. The van der Waals surface area contributed by atoms with Gasteiger partial charge in [-0.25, -0.2) is 0 Å². The van der Waals surface area contributed by atoms with Crippen LogP contribution in [0.25, 0.3) is 0 Å². The summed E-state index contributed by atoms with van der Waals surface area (Å²) in [6.07, 6.45) is 2.45. The lowest BCUT2D eigenvalue weighted by Gasteiger charge is -2.18. The van der Waals surface area contributed by atoms with Crippen molar-refractivity contribution in [1.82, 2.24) is 5.32 Å². The molecule has 0 aliphatic rings. The fraction of sp³-hybridized carbons (Fsp3) is 0.625. The van der Waals surface area contributed by atoms with Crippen LogP contribution in [0.5, 0.6) is 5.75 Å². The Labute approximate surface area is 117 Å². The van der Waals surface area contributed by atoms with Crippen molar-refractivity contribution in [2.24, 2.45) is 0 Å². The van der Waals surface area contributed by atoms with Crippen molar-refractivity contribution in [3.63, 3.8) is 0 Å². The average Bonchev–Trinajstić information content (AvgIpc) is 2.43. The van der Waals surface area contributed by atoms with Crippen molar-refractivity contribution in [2.45, 2.75) is 45.8 Å². The van der Waals surface area contributed by atoms with E-state index in [1.54, 1.807) is 7.11 Å². The summed E-state index contributed by atoms with van der Waals surface area (Å²) in [5.74, 6) is 0.906. The lowest BCUT2D eigenvalue weighted by molar-refractivity contribution is 0.0767. The first-order valence-corrected chi connectivity index (χ1v) is 7.16. The Morgan fingerprint density at radius 1 is 1.16 bits per heavy atom. The zero-order chi connectivity index (χ0) is 14.1. The molecule has 0 amide bonds. The number of benzene rings is 1. The van der Waals surface area contributed by atoms with Gasteiger partial charge in [0.05, 0.1) is 13.2 Å². The minimum atomic E-state index is 0.323. The van der Waals surface area contributed by atoms with Gasteiger partial charge in [-0.2, -0.15) is 0 Å². The van der Waals surface area contributed by atoms with Crippen LogP contribution in [-0.2, 0) is 4.74 Å². The maximum Gasteiger partial charge on any atom is 0.118 e. The van der Waals surface area contributed by atoms with Gasteiger partial charge in [0, 0.05) is 12.6 Å². The van der Waals surface area contributed by atoms with E-state index in [0.717, 1.165) is 31.7 Å². The van der Waals surface area contributed by atoms with Gasteiger partial charge in [0.25, 0.3) is 0 Å². The summed E-state index contributed by atoms with van der Waals surface area (Å²) in [4.78, 5) is 0. The molecular weight excluding hydrogens is 238 g/mol. The Bertz CT molecular complexity index is 335. The molecule has 0 aliphatic heterocycles. The third-order valence-electron chi connectivity index (χ3n) is 3.09. The summed E-state index contributed by atoms with van der Waals surface area (Å²) < 4.78 is 10.7. The Kier molecular flexibility index (Phi) is 7.53. The van der Waals surface area contributed by atoms with Crippen LogP contribution in [0.4, 0.5) is 0 Å². The van der Waals surface area contributed by atoms with Crippen LogP contribution >= 0.6 is 0 Å². The Hall–Kier alpha value is -1.06. The van der Waals surface area contributed by atoms with Crippen LogP contribution in [0.2, 0.25) is 0 Å². The van der Waals surface area contributed by atoms with Gasteiger partial charge in [0.15, 0.2) is 0 Å². The minimum absolute atomic E-state index is 0.323. The Morgan fingerprint density at radius 2 is 1.84 bits per heavy atom. The van der Waals surface area contributed by atoms with Gasteiger partial charge < -0.3 is 14.8 Å². The first kappa shape index (κ1) is 16.0. The van der Waals surface area contributed by atoms with Crippen LogP contribution in [-0.4, -0.2) is 26.4 Å².